The summed E-state index contributed by atoms with van der Waals surface area (Å²) in [6, 6.07) is 8.99. The molecule has 0 atom stereocenters. The van der Waals surface area contributed by atoms with Gasteiger partial charge in [0.2, 0.25) is 0 Å². The second-order valence-corrected chi connectivity index (χ2v) is 5.31. The average Bonchev–Trinajstić information content (AvgIpc) is 3.04. The van der Waals surface area contributed by atoms with Crippen LogP contribution in [0.25, 0.3) is 0 Å². The topological polar surface area (TPSA) is 59.8 Å². The van der Waals surface area contributed by atoms with E-state index in [1.54, 1.807) is 0 Å². The van der Waals surface area contributed by atoms with Gasteiger partial charge < -0.3 is 14.1 Å². The first-order valence-corrected chi connectivity index (χ1v) is 7.35. The van der Waals surface area contributed by atoms with Gasteiger partial charge in [-0.2, -0.15) is 13.2 Å². The maximum Gasteiger partial charge on any atom is 0.406 e. The molecule has 0 saturated heterocycles. The summed E-state index contributed by atoms with van der Waals surface area (Å²) in [6.45, 7) is -0.865. The number of Topliss-reactive ketones (excluding diaryl/α,β-unsaturated/α-hetero) is 1. The van der Waals surface area contributed by atoms with Gasteiger partial charge in [0.25, 0.3) is 5.91 Å². The van der Waals surface area contributed by atoms with Crippen LogP contribution in [0, 0.1) is 0 Å². The number of hydrogen-bond acceptors (Lipinski definition) is 4. The fraction of sp³-hybridized carbons (Fsp3) is 0.294. The molecule has 1 amide bonds. The molecular weight excluding hydrogens is 339 g/mol. The summed E-state index contributed by atoms with van der Waals surface area (Å²) in [7, 11) is 0. The number of furan rings is 1. The number of amides is 1. The molecule has 0 fully saturated rings. The first-order valence-electron chi connectivity index (χ1n) is 7.35. The Morgan fingerprint density at radius 1 is 1.16 bits per heavy atom. The number of carbonyl (C=O) groups is 2. The monoisotopic (exact) mass is 355 g/mol. The van der Waals surface area contributed by atoms with E-state index in [0.717, 1.165) is 0 Å². The summed E-state index contributed by atoms with van der Waals surface area (Å²) in [6.07, 6.45) is -3.22. The zero-order valence-corrected chi connectivity index (χ0v) is 13.4. The number of rotatable bonds is 7. The Labute approximate surface area is 142 Å². The Balaban J connectivity index is 1.99. The van der Waals surface area contributed by atoms with Crippen LogP contribution in [0.5, 0.6) is 5.75 Å². The molecule has 134 valence electrons. The smallest absolute Gasteiger partial charge is 0.406 e. The maximum absolute atomic E-state index is 12.7. The molecule has 0 spiro atoms. The number of ether oxygens (including phenoxy) is 1. The van der Waals surface area contributed by atoms with E-state index < -0.39 is 25.2 Å². The van der Waals surface area contributed by atoms with Crippen LogP contribution in [0.3, 0.4) is 0 Å². The van der Waals surface area contributed by atoms with Crippen molar-refractivity contribution in [2.45, 2.75) is 19.6 Å². The van der Waals surface area contributed by atoms with Gasteiger partial charge in [0.1, 0.15) is 18.1 Å². The predicted molar refractivity (Wildman–Crippen MR) is 82.1 cm³/mol. The first kappa shape index (κ1) is 18.6. The molecule has 8 heteroatoms. The summed E-state index contributed by atoms with van der Waals surface area (Å²) < 4.78 is 48.3. The molecule has 0 bridgehead atoms. The third-order valence-corrected chi connectivity index (χ3v) is 3.27. The zero-order chi connectivity index (χ0) is 18.4. The van der Waals surface area contributed by atoms with Crippen molar-refractivity contribution in [1.29, 1.82) is 0 Å². The number of benzene rings is 1. The van der Waals surface area contributed by atoms with Gasteiger partial charge in [0.05, 0.1) is 12.8 Å². The highest BCUT2D eigenvalue weighted by Gasteiger charge is 2.33. The van der Waals surface area contributed by atoms with E-state index in [9.17, 15) is 22.8 Å². The molecule has 0 saturated carbocycles. The van der Waals surface area contributed by atoms with E-state index in [0.29, 0.717) is 10.5 Å². The Kier molecular flexibility index (Phi) is 5.84. The van der Waals surface area contributed by atoms with Crippen molar-refractivity contribution in [1.82, 2.24) is 4.90 Å². The Morgan fingerprint density at radius 2 is 1.84 bits per heavy atom. The molecule has 1 aromatic carbocycles. The van der Waals surface area contributed by atoms with Crippen LogP contribution in [0.1, 0.15) is 23.0 Å². The zero-order valence-electron chi connectivity index (χ0n) is 13.4. The molecule has 25 heavy (non-hydrogen) atoms. The molecule has 0 aliphatic heterocycles. The van der Waals surface area contributed by atoms with Crippen LogP contribution in [0.4, 0.5) is 13.2 Å². The summed E-state index contributed by atoms with van der Waals surface area (Å²) in [5.41, 5.74) is 0.468. The lowest BCUT2D eigenvalue weighted by atomic mass is 10.1. The molecule has 1 aromatic heterocycles. The van der Waals surface area contributed by atoms with Gasteiger partial charge in [0, 0.05) is 5.56 Å². The number of ketones is 1. The Hall–Kier alpha value is -2.77. The van der Waals surface area contributed by atoms with Crippen LogP contribution < -0.4 is 4.74 Å². The fourth-order valence-electron chi connectivity index (χ4n) is 2.06. The molecular formula is C17H16F3NO4. The third kappa shape index (κ3) is 5.98. The minimum absolute atomic E-state index is 0.127. The molecule has 0 aliphatic carbocycles. The second-order valence-electron chi connectivity index (χ2n) is 5.31. The van der Waals surface area contributed by atoms with Gasteiger partial charge in [-0.1, -0.05) is 0 Å². The quantitative estimate of drug-likeness (QED) is 0.714. The number of halogens is 3. The fourth-order valence-corrected chi connectivity index (χ4v) is 2.06. The van der Waals surface area contributed by atoms with E-state index in [4.69, 9.17) is 9.15 Å². The minimum Gasteiger partial charge on any atom is -0.484 e. The van der Waals surface area contributed by atoms with Crippen molar-refractivity contribution in [2.24, 2.45) is 0 Å². The van der Waals surface area contributed by atoms with Crippen LogP contribution >= 0.6 is 0 Å². The molecule has 0 unspecified atom stereocenters. The van der Waals surface area contributed by atoms with Crippen molar-refractivity contribution in [3.63, 3.8) is 0 Å². The van der Waals surface area contributed by atoms with Gasteiger partial charge >= 0.3 is 6.18 Å². The second kappa shape index (κ2) is 7.87. The van der Waals surface area contributed by atoms with Crippen LogP contribution in [-0.4, -0.2) is 35.9 Å². The van der Waals surface area contributed by atoms with Crippen LogP contribution in [0.15, 0.2) is 47.1 Å². The number of alkyl halides is 3. The highest BCUT2D eigenvalue weighted by Crippen LogP contribution is 2.19. The normalized spacial score (nSPS) is 11.2. The van der Waals surface area contributed by atoms with E-state index in [1.165, 1.54) is 49.6 Å². The summed E-state index contributed by atoms with van der Waals surface area (Å²) in [5, 5.41) is 0. The van der Waals surface area contributed by atoms with E-state index in [2.05, 4.69) is 0 Å². The molecule has 0 aliphatic rings. The van der Waals surface area contributed by atoms with Crippen molar-refractivity contribution < 1.29 is 31.9 Å². The summed E-state index contributed by atoms with van der Waals surface area (Å²) >= 11 is 0. The van der Waals surface area contributed by atoms with E-state index >= 15 is 0 Å². The van der Waals surface area contributed by atoms with Crippen LogP contribution in [-0.2, 0) is 11.3 Å². The number of carbonyl (C=O) groups excluding carboxylic acids is 2. The third-order valence-electron chi connectivity index (χ3n) is 3.27. The van der Waals surface area contributed by atoms with Crippen molar-refractivity contribution in [3.8, 4) is 5.75 Å². The maximum atomic E-state index is 12.7. The molecule has 0 N–H and O–H groups in total. The van der Waals surface area contributed by atoms with Gasteiger partial charge in [0.15, 0.2) is 12.4 Å². The minimum atomic E-state index is -4.54. The molecule has 2 aromatic rings. The summed E-state index contributed by atoms with van der Waals surface area (Å²) in [4.78, 5) is 23.9. The average molecular weight is 355 g/mol. The van der Waals surface area contributed by atoms with Crippen molar-refractivity contribution >= 4 is 11.7 Å². The summed E-state index contributed by atoms with van der Waals surface area (Å²) in [5.74, 6) is -0.437. The lowest BCUT2D eigenvalue weighted by Crippen LogP contribution is -2.40. The highest BCUT2D eigenvalue weighted by atomic mass is 19.4. The van der Waals surface area contributed by atoms with Gasteiger partial charge in [-0.3, -0.25) is 9.59 Å². The Morgan fingerprint density at radius 3 is 2.36 bits per heavy atom. The van der Waals surface area contributed by atoms with E-state index in [1.807, 2.05) is 0 Å². The van der Waals surface area contributed by atoms with Crippen molar-refractivity contribution in [3.05, 3.63) is 54.0 Å². The first-order chi connectivity index (χ1) is 11.7. The van der Waals surface area contributed by atoms with Gasteiger partial charge in [-0.25, -0.2) is 0 Å². The van der Waals surface area contributed by atoms with Gasteiger partial charge in [-0.05, 0) is 43.3 Å². The lowest BCUT2D eigenvalue weighted by Gasteiger charge is -2.23. The molecule has 2 rings (SSSR count). The van der Waals surface area contributed by atoms with Crippen LogP contribution in [0.2, 0.25) is 0 Å². The largest absolute Gasteiger partial charge is 0.484 e. The Bertz CT molecular complexity index is 708. The standard InChI is InChI=1S/C17H16F3NO4/c1-12(22)13-4-6-14(7-5-13)25-10-16(23)21(11-17(18,19)20)9-15-3-2-8-24-15/h2-8H,9-11H2,1H3. The van der Waals surface area contributed by atoms with Gasteiger partial charge in [-0.15, -0.1) is 0 Å². The number of hydrogen-bond donors (Lipinski definition) is 0. The predicted octanol–water partition coefficient (Wildman–Crippen LogP) is 3.45. The number of nitrogens with zero attached hydrogens (tertiary/aromatic N) is 1. The molecule has 5 nitrogen and oxygen atoms in total. The lowest BCUT2D eigenvalue weighted by molar-refractivity contribution is -0.164. The SMILES string of the molecule is CC(=O)c1ccc(OCC(=O)N(Cc2ccco2)CC(F)(F)F)cc1. The molecule has 0 radical (unpaired) electrons. The van der Waals surface area contributed by atoms with Crippen molar-refractivity contribution in [2.75, 3.05) is 13.2 Å². The molecule has 1 heterocycles. The highest BCUT2D eigenvalue weighted by molar-refractivity contribution is 5.94. The van der Waals surface area contributed by atoms with E-state index in [-0.39, 0.29) is 23.8 Å².